The summed E-state index contributed by atoms with van der Waals surface area (Å²) in [5, 5.41) is 3.85. The number of amides is 1. The van der Waals surface area contributed by atoms with E-state index < -0.39 is 0 Å². The Morgan fingerprint density at radius 3 is 2.83 bits per heavy atom. The lowest BCUT2D eigenvalue weighted by atomic mass is 9.77. The Bertz CT molecular complexity index is 583. The number of carbonyl (C=O) groups excluding carboxylic acids is 1. The van der Waals surface area contributed by atoms with Gasteiger partial charge in [-0.25, -0.2) is 0 Å². The van der Waals surface area contributed by atoms with Crippen LogP contribution in [-0.2, 0) is 11.3 Å². The molecule has 3 heterocycles. The monoisotopic (exact) mass is 318 g/mol. The average Bonchev–Trinajstić information content (AvgIpc) is 3.07. The van der Waals surface area contributed by atoms with E-state index in [0.29, 0.717) is 24.2 Å². The van der Waals surface area contributed by atoms with Gasteiger partial charge in [0.15, 0.2) is 5.82 Å². The maximum atomic E-state index is 13.1. The molecule has 1 aromatic rings. The fourth-order valence-electron chi connectivity index (χ4n) is 4.38. The summed E-state index contributed by atoms with van der Waals surface area (Å²) < 4.78 is 5.23. The molecule has 1 atom stereocenters. The molecule has 2 aliphatic heterocycles. The van der Waals surface area contributed by atoms with Gasteiger partial charge in [0.05, 0.1) is 12.0 Å². The Hall–Kier alpha value is -1.43. The van der Waals surface area contributed by atoms with Crippen LogP contribution in [0.1, 0.15) is 50.2 Å². The first-order valence-electron chi connectivity index (χ1n) is 8.96. The van der Waals surface area contributed by atoms with Crippen molar-refractivity contribution in [3.05, 3.63) is 11.7 Å². The van der Waals surface area contributed by atoms with Gasteiger partial charge in [-0.2, -0.15) is 4.98 Å². The quantitative estimate of drug-likeness (QED) is 0.849. The van der Waals surface area contributed by atoms with E-state index in [1.165, 1.54) is 19.3 Å². The second kappa shape index (κ2) is 5.89. The van der Waals surface area contributed by atoms with Gasteiger partial charge in [-0.15, -0.1) is 0 Å². The van der Waals surface area contributed by atoms with Crippen LogP contribution in [0.15, 0.2) is 4.52 Å². The third kappa shape index (κ3) is 2.89. The van der Waals surface area contributed by atoms with Crippen molar-refractivity contribution in [2.75, 3.05) is 26.2 Å². The van der Waals surface area contributed by atoms with Gasteiger partial charge in [0, 0.05) is 19.6 Å². The Balaban J connectivity index is 1.40. The zero-order valence-electron chi connectivity index (χ0n) is 14.0. The van der Waals surface area contributed by atoms with E-state index in [9.17, 15) is 4.79 Å². The minimum absolute atomic E-state index is 0.156. The van der Waals surface area contributed by atoms with Crippen LogP contribution in [-0.4, -0.2) is 52.0 Å². The Kier molecular flexibility index (Phi) is 3.87. The van der Waals surface area contributed by atoms with Crippen molar-refractivity contribution < 1.29 is 9.32 Å². The Labute approximate surface area is 137 Å². The van der Waals surface area contributed by atoms with E-state index in [-0.39, 0.29) is 5.41 Å². The summed E-state index contributed by atoms with van der Waals surface area (Å²) in [6.45, 7) is 6.24. The zero-order chi connectivity index (χ0) is 15.9. The van der Waals surface area contributed by atoms with Gasteiger partial charge in [0.25, 0.3) is 0 Å². The van der Waals surface area contributed by atoms with E-state index in [1.54, 1.807) is 0 Å². The summed E-state index contributed by atoms with van der Waals surface area (Å²) in [5.41, 5.74) is -0.156. The normalized spacial score (nSPS) is 29.4. The van der Waals surface area contributed by atoms with Gasteiger partial charge >= 0.3 is 0 Å². The van der Waals surface area contributed by atoms with Crippen LogP contribution in [0.3, 0.4) is 0 Å². The van der Waals surface area contributed by atoms with Crippen molar-refractivity contribution in [2.24, 2.45) is 11.3 Å². The van der Waals surface area contributed by atoms with E-state index in [2.05, 4.69) is 19.9 Å². The second-order valence-corrected chi connectivity index (χ2v) is 7.63. The van der Waals surface area contributed by atoms with Crippen LogP contribution in [0.4, 0.5) is 0 Å². The van der Waals surface area contributed by atoms with Crippen LogP contribution in [0.5, 0.6) is 0 Å². The van der Waals surface area contributed by atoms with Crippen LogP contribution in [0.2, 0.25) is 0 Å². The highest BCUT2D eigenvalue weighted by molar-refractivity contribution is 5.84. The van der Waals surface area contributed by atoms with Gasteiger partial charge < -0.3 is 9.42 Å². The van der Waals surface area contributed by atoms with Crippen LogP contribution in [0, 0.1) is 18.3 Å². The molecular formula is C17H26N4O2. The second-order valence-electron chi connectivity index (χ2n) is 7.63. The molecule has 1 saturated carbocycles. The zero-order valence-corrected chi connectivity index (χ0v) is 14.0. The van der Waals surface area contributed by atoms with Crippen molar-refractivity contribution in [1.29, 1.82) is 0 Å². The number of piperidine rings is 1. The number of nitrogens with zero attached hydrogens (tertiary/aromatic N) is 4. The van der Waals surface area contributed by atoms with Crippen molar-refractivity contribution in [3.8, 4) is 0 Å². The molecule has 2 saturated heterocycles. The van der Waals surface area contributed by atoms with Gasteiger partial charge in [-0.05, 0) is 51.5 Å². The molecule has 0 N–H and O–H groups in total. The topological polar surface area (TPSA) is 62.5 Å². The largest absolute Gasteiger partial charge is 0.342 e. The lowest BCUT2D eigenvalue weighted by molar-refractivity contribution is -0.146. The van der Waals surface area contributed by atoms with E-state index in [1.807, 2.05) is 6.92 Å². The lowest BCUT2D eigenvalue weighted by Gasteiger charge is -2.42. The first kappa shape index (κ1) is 15.1. The summed E-state index contributed by atoms with van der Waals surface area (Å²) in [5.74, 6) is 2.50. The first-order chi connectivity index (χ1) is 11.1. The first-order valence-corrected chi connectivity index (χ1v) is 8.96. The summed E-state index contributed by atoms with van der Waals surface area (Å²) >= 11 is 0. The van der Waals surface area contributed by atoms with Crippen LogP contribution in [0.25, 0.3) is 0 Å². The number of carbonyl (C=O) groups is 1. The fraction of sp³-hybridized carbons (Fsp3) is 0.824. The predicted octanol–water partition coefficient (Wildman–Crippen LogP) is 1.99. The SMILES string of the molecule is Cc1noc(CN2CCC3(CCCN(CC4CCC4)C3=O)C2)n1. The van der Waals surface area contributed by atoms with E-state index >= 15 is 0 Å². The summed E-state index contributed by atoms with van der Waals surface area (Å²) in [4.78, 5) is 21.8. The highest BCUT2D eigenvalue weighted by Gasteiger charge is 2.48. The molecule has 1 amide bonds. The molecule has 3 fully saturated rings. The molecular weight excluding hydrogens is 292 g/mol. The van der Waals surface area contributed by atoms with Crippen molar-refractivity contribution in [2.45, 2.75) is 52.0 Å². The fourth-order valence-corrected chi connectivity index (χ4v) is 4.38. The number of hydrogen-bond donors (Lipinski definition) is 0. The minimum Gasteiger partial charge on any atom is -0.342 e. The Morgan fingerprint density at radius 2 is 2.13 bits per heavy atom. The van der Waals surface area contributed by atoms with Gasteiger partial charge in [0.2, 0.25) is 11.8 Å². The maximum Gasteiger partial charge on any atom is 0.240 e. The van der Waals surface area contributed by atoms with Crippen molar-refractivity contribution in [3.63, 3.8) is 0 Å². The molecule has 6 heteroatoms. The summed E-state index contributed by atoms with van der Waals surface area (Å²) in [7, 11) is 0. The molecule has 0 bridgehead atoms. The highest BCUT2D eigenvalue weighted by atomic mass is 16.5. The van der Waals surface area contributed by atoms with Crippen LogP contribution >= 0.6 is 0 Å². The van der Waals surface area contributed by atoms with E-state index in [0.717, 1.165) is 51.4 Å². The molecule has 6 nitrogen and oxygen atoms in total. The number of aryl methyl sites for hydroxylation is 1. The van der Waals surface area contributed by atoms with Crippen molar-refractivity contribution >= 4 is 5.91 Å². The summed E-state index contributed by atoms with van der Waals surface area (Å²) in [6, 6.07) is 0. The van der Waals surface area contributed by atoms with Crippen molar-refractivity contribution in [1.82, 2.24) is 19.9 Å². The molecule has 0 radical (unpaired) electrons. The minimum atomic E-state index is -0.156. The average molecular weight is 318 g/mol. The molecule has 126 valence electrons. The molecule has 1 spiro atoms. The number of hydrogen-bond acceptors (Lipinski definition) is 5. The molecule has 0 aromatic carbocycles. The standard InChI is InChI=1S/C17H26N4O2/c1-13-18-15(23-19-13)11-20-9-7-17(12-20)6-3-8-21(16(17)22)10-14-4-2-5-14/h14H,2-12H2,1H3. The smallest absolute Gasteiger partial charge is 0.240 e. The highest BCUT2D eigenvalue weighted by Crippen LogP contribution is 2.41. The molecule has 1 aromatic heterocycles. The lowest BCUT2D eigenvalue weighted by Crippen LogP contribution is -2.51. The molecule has 1 unspecified atom stereocenters. The molecule has 23 heavy (non-hydrogen) atoms. The maximum absolute atomic E-state index is 13.1. The number of aromatic nitrogens is 2. The predicted molar refractivity (Wildman–Crippen MR) is 84.5 cm³/mol. The summed E-state index contributed by atoms with van der Waals surface area (Å²) in [6.07, 6.45) is 7.10. The molecule has 4 rings (SSSR count). The van der Waals surface area contributed by atoms with Crippen LogP contribution < -0.4 is 0 Å². The third-order valence-corrected chi connectivity index (χ3v) is 5.89. The molecule has 3 aliphatic rings. The van der Waals surface area contributed by atoms with Gasteiger partial charge in [0.1, 0.15) is 0 Å². The van der Waals surface area contributed by atoms with Gasteiger partial charge in [-0.3, -0.25) is 9.69 Å². The van der Waals surface area contributed by atoms with Gasteiger partial charge in [-0.1, -0.05) is 11.6 Å². The Morgan fingerprint density at radius 1 is 1.26 bits per heavy atom. The number of rotatable bonds is 4. The third-order valence-electron chi connectivity index (χ3n) is 5.89. The molecule has 1 aliphatic carbocycles. The van der Waals surface area contributed by atoms with E-state index in [4.69, 9.17) is 4.52 Å². The number of likely N-dealkylation sites (tertiary alicyclic amines) is 2.